The number of phosphoric acid groups is 1. The van der Waals surface area contributed by atoms with Crippen molar-refractivity contribution in [1.29, 1.82) is 0 Å². The highest BCUT2D eigenvalue weighted by Crippen LogP contribution is 2.52. The van der Waals surface area contributed by atoms with Crippen molar-refractivity contribution in [2.75, 3.05) is 18.9 Å². The number of hydrogen-bond acceptors (Lipinski definition) is 17. The number of anilines is 1. The van der Waals surface area contributed by atoms with Gasteiger partial charge in [-0.15, -0.1) is 0 Å². The lowest BCUT2D eigenvalue weighted by Crippen LogP contribution is -2.69. The quantitative estimate of drug-likeness (QED) is 0.0624. The van der Waals surface area contributed by atoms with Gasteiger partial charge in [-0.1, -0.05) is 0 Å². The zero-order chi connectivity index (χ0) is 31.7. The van der Waals surface area contributed by atoms with Crippen molar-refractivity contribution in [2.24, 2.45) is 4.99 Å². The first-order valence-corrected chi connectivity index (χ1v) is 13.4. The third-order valence-corrected chi connectivity index (χ3v) is 7.30. The molecule has 3 rings (SSSR count). The van der Waals surface area contributed by atoms with Crippen LogP contribution in [-0.4, -0.2) is 136 Å². The van der Waals surface area contributed by atoms with Crippen LogP contribution in [-0.2, 0) is 27.9 Å². The van der Waals surface area contributed by atoms with Gasteiger partial charge < -0.3 is 61.0 Å². The lowest BCUT2D eigenvalue weighted by molar-refractivity contribution is -0.312. The van der Waals surface area contributed by atoms with Crippen LogP contribution >= 0.6 is 7.82 Å². The van der Waals surface area contributed by atoms with Gasteiger partial charge in [0.05, 0.1) is 13.2 Å². The Kier molecular flexibility index (Phi) is 10.4. The number of nitrogen functional groups attached to an aromatic ring is 1. The lowest BCUT2D eigenvalue weighted by Gasteiger charge is -2.47. The van der Waals surface area contributed by atoms with Crippen LogP contribution in [0.25, 0.3) is 0 Å². The summed E-state index contributed by atoms with van der Waals surface area (Å²) in [5.74, 6) is -7.64. The smallest absolute Gasteiger partial charge is 0.475 e. The average molecular weight is 631 g/mol. The number of halogens is 1. The predicted molar refractivity (Wildman–Crippen MR) is 128 cm³/mol. The molecule has 0 amide bonds. The predicted octanol–water partition coefficient (Wildman–Crippen LogP) is -5.68. The molecule has 0 aromatic carbocycles. The molecule has 3 heterocycles. The molecule has 2 aliphatic heterocycles. The van der Waals surface area contributed by atoms with Gasteiger partial charge in [-0.25, -0.2) is 23.1 Å². The van der Waals surface area contributed by atoms with E-state index in [9.17, 15) is 54.8 Å². The van der Waals surface area contributed by atoms with E-state index in [0.29, 0.717) is 0 Å². The Labute approximate surface area is 234 Å². The number of carbonyl (C=O) groups is 1. The van der Waals surface area contributed by atoms with Crippen molar-refractivity contribution in [2.45, 2.75) is 73.9 Å². The molecule has 0 bridgehead atoms. The van der Waals surface area contributed by atoms with E-state index < -0.39 is 106 Å². The molecule has 0 aliphatic carbocycles. The summed E-state index contributed by atoms with van der Waals surface area (Å²) in [6, 6.07) is -0.922. The maximum absolute atomic E-state index is 15.4. The Balaban J connectivity index is 1.84. The van der Waals surface area contributed by atoms with Gasteiger partial charge in [0, 0.05) is 6.20 Å². The van der Waals surface area contributed by atoms with E-state index in [0.717, 1.165) is 17.7 Å². The van der Waals surface area contributed by atoms with Crippen LogP contribution in [0.3, 0.4) is 0 Å². The summed E-state index contributed by atoms with van der Waals surface area (Å²) in [4.78, 5) is 41.2. The maximum Gasteiger partial charge on any atom is 0.475 e. The average Bonchev–Trinajstić information content (AvgIpc) is 3.19. The summed E-state index contributed by atoms with van der Waals surface area (Å²) in [7, 11) is -5.80. The first kappa shape index (κ1) is 33.8. The standard InChI is InChI=1S/C20H30FN4O16P/c1-6(27)23-10-13(31)16(21)20(18(33)34,40-15(10)11(29)7(28)4-26)41-42(36,37)38-5-8-12(30)14(32)17(39-8)25-3-2-9(22)24-19(25)35/h2-3,7-8,10-17,26,28-32H,4-5H2,1H3,(H,23,27)(H,33,34)(H,36,37)(H2,22,24,35)/p-1/t7-,8-,10-,11-,12-,13-,14-,15-,16-,17-,20-/m1/s1. The summed E-state index contributed by atoms with van der Waals surface area (Å²) >= 11 is 0. The van der Waals surface area contributed by atoms with E-state index in [4.69, 9.17) is 20.3 Å². The van der Waals surface area contributed by atoms with Gasteiger partial charge in [-0.3, -0.25) is 14.1 Å². The maximum atomic E-state index is 15.4. The molecule has 1 aromatic rings. The van der Waals surface area contributed by atoms with E-state index >= 15 is 4.39 Å². The molecule has 1 unspecified atom stereocenters. The van der Waals surface area contributed by atoms with Crippen LogP contribution in [0.15, 0.2) is 22.1 Å². The molecule has 0 spiro atoms. The zero-order valence-electron chi connectivity index (χ0n) is 21.4. The van der Waals surface area contributed by atoms with Gasteiger partial charge in [-0.05, 0) is 18.9 Å². The number of nitrogens with two attached hydrogens (primary N) is 1. The van der Waals surface area contributed by atoms with Gasteiger partial charge >= 0.3 is 25.3 Å². The Bertz CT molecular complexity index is 1270. The van der Waals surface area contributed by atoms with Crippen LogP contribution in [0.1, 0.15) is 13.2 Å². The van der Waals surface area contributed by atoms with Gasteiger partial charge in [0.25, 0.3) is 0 Å². The van der Waals surface area contributed by atoms with Crippen molar-refractivity contribution in [1.82, 2.24) is 9.55 Å². The number of ether oxygens (including phenoxy) is 2. The SMILES string of the molecule is CC([O-])=N[C@@H]1[C@@H](O)[C@@H](F)[C@@](OP(=O)(O)OC[C@H]2O[C@@H](n3ccc(N)nc3=O)[C@H](O)[C@@H]2O)(C(=O)O)O[C@H]1[C@H](O)[C@H](O)CO. The third-order valence-electron chi connectivity index (χ3n) is 6.32. The Morgan fingerprint density at radius 2 is 1.98 bits per heavy atom. The topological polar surface area (TPSA) is 329 Å². The first-order valence-electron chi connectivity index (χ1n) is 11.9. The second-order valence-electron chi connectivity index (χ2n) is 9.27. The van der Waals surface area contributed by atoms with Crippen molar-refractivity contribution >= 4 is 25.5 Å². The number of aromatic nitrogens is 2. The monoisotopic (exact) mass is 631 g/mol. The van der Waals surface area contributed by atoms with Crippen molar-refractivity contribution in [3.63, 3.8) is 0 Å². The molecule has 0 saturated carbocycles. The summed E-state index contributed by atoms with van der Waals surface area (Å²) in [5.41, 5.74) is 4.40. The highest BCUT2D eigenvalue weighted by molar-refractivity contribution is 7.47. The molecule has 2 aliphatic rings. The molecule has 42 heavy (non-hydrogen) atoms. The normalized spacial score (nSPS) is 36.7. The lowest BCUT2D eigenvalue weighted by atomic mass is 9.88. The molecule has 0 radical (unpaired) electrons. The third kappa shape index (κ3) is 6.77. The highest BCUT2D eigenvalue weighted by atomic mass is 31.2. The fourth-order valence-corrected chi connectivity index (χ4v) is 5.20. The molecule has 22 heteroatoms. The van der Waals surface area contributed by atoms with Crippen molar-refractivity contribution in [3.8, 4) is 0 Å². The minimum Gasteiger partial charge on any atom is -0.862 e. The van der Waals surface area contributed by atoms with Gasteiger partial charge in [0.15, 0.2) is 12.4 Å². The number of carboxylic acid groups (broad SMARTS) is 1. The summed E-state index contributed by atoms with van der Waals surface area (Å²) in [5, 5.41) is 81.6. The van der Waals surface area contributed by atoms with Crippen LogP contribution in [0.5, 0.6) is 0 Å². The summed E-state index contributed by atoms with van der Waals surface area (Å²) in [6.45, 7) is -1.47. The van der Waals surface area contributed by atoms with E-state index in [1.807, 2.05) is 0 Å². The molecule has 1 aromatic heterocycles. The van der Waals surface area contributed by atoms with Crippen molar-refractivity contribution in [3.05, 3.63) is 22.7 Å². The van der Waals surface area contributed by atoms with Crippen LogP contribution in [0, 0.1) is 0 Å². The molecular formula is C20H29FN4O16P-. The van der Waals surface area contributed by atoms with Gasteiger partial charge in [0.2, 0.25) is 0 Å². The number of aliphatic hydroxyl groups excluding tert-OH is 6. The number of carboxylic acids is 1. The number of phosphoric ester groups is 1. The minimum atomic E-state index is -5.80. The van der Waals surface area contributed by atoms with Crippen molar-refractivity contribution < 1.29 is 78.0 Å². The van der Waals surface area contributed by atoms with Crippen LogP contribution in [0.2, 0.25) is 0 Å². The molecule has 10 N–H and O–H groups in total. The number of nitrogens with zero attached hydrogens (tertiary/aromatic N) is 3. The Morgan fingerprint density at radius 3 is 2.52 bits per heavy atom. The molecule has 2 saturated heterocycles. The van der Waals surface area contributed by atoms with Gasteiger partial charge in [-0.2, -0.15) is 4.98 Å². The zero-order valence-corrected chi connectivity index (χ0v) is 22.3. The highest BCUT2D eigenvalue weighted by Gasteiger charge is 2.65. The molecule has 12 atom stereocenters. The number of rotatable bonds is 11. The van der Waals surface area contributed by atoms with E-state index in [1.54, 1.807) is 0 Å². The minimum absolute atomic E-state index is 0.168. The largest absolute Gasteiger partial charge is 0.862 e. The number of alkyl halides is 1. The van der Waals surface area contributed by atoms with Crippen LogP contribution < -0.4 is 16.5 Å². The second-order valence-corrected chi connectivity index (χ2v) is 10.6. The number of aliphatic hydroxyl groups is 6. The Morgan fingerprint density at radius 1 is 1.33 bits per heavy atom. The second kappa shape index (κ2) is 12.9. The van der Waals surface area contributed by atoms with Gasteiger partial charge in [0.1, 0.15) is 54.6 Å². The summed E-state index contributed by atoms with van der Waals surface area (Å²) in [6.07, 6.45) is -18.6. The first-order chi connectivity index (χ1) is 19.5. The Hall–Kier alpha value is -2.66. The number of aliphatic carboxylic acids is 1. The molecule has 20 nitrogen and oxygen atoms in total. The summed E-state index contributed by atoms with van der Waals surface area (Å²) < 4.78 is 48.3. The fraction of sp³-hybridized carbons (Fsp3) is 0.700. The number of aliphatic imine (C=N–C) groups is 1. The van der Waals surface area contributed by atoms with E-state index in [-0.39, 0.29) is 5.82 Å². The molecular weight excluding hydrogens is 602 g/mol. The van der Waals surface area contributed by atoms with E-state index in [1.165, 1.54) is 6.07 Å². The molecule has 238 valence electrons. The molecule has 2 fully saturated rings. The number of hydrogen-bond donors (Lipinski definition) is 9. The van der Waals surface area contributed by atoms with E-state index in [2.05, 4.69) is 19.0 Å². The van der Waals surface area contributed by atoms with Crippen LogP contribution in [0.4, 0.5) is 10.2 Å². The fourth-order valence-electron chi connectivity index (χ4n) is 4.25.